The van der Waals surface area contributed by atoms with Crippen molar-refractivity contribution >= 4 is 5.91 Å². The maximum Gasteiger partial charge on any atom is 0.251 e. The lowest BCUT2D eigenvalue weighted by molar-refractivity contribution is -0.139. The molecule has 14 heavy (non-hydrogen) atoms. The summed E-state index contributed by atoms with van der Waals surface area (Å²) in [6.07, 6.45) is -0.645. The van der Waals surface area contributed by atoms with Gasteiger partial charge in [0.05, 0.1) is 6.61 Å². The summed E-state index contributed by atoms with van der Waals surface area (Å²) in [5, 5.41) is 8.62. The molecule has 6 heteroatoms. The van der Waals surface area contributed by atoms with Gasteiger partial charge in [-0.15, -0.1) is 0 Å². The largest absolute Gasteiger partial charge is 0.394 e. The summed E-state index contributed by atoms with van der Waals surface area (Å²) < 4.78 is 25.4. The van der Waals surface area contributed by atoms with Gasteiger partial charge in [0.2, 0.25) is 5.91 Å². The molecule has 1 fully saturated rings. The summed E-state index contributed by atoms with van der Waals surface area (Å²) in [5.74, 6) is -3.12. The molecular weight excluding hydrogens is 194 g/mol. The lowest BCUT2D eigenvalue weighted by Crippen LogP contribution is -2.50. The van der Waals surface area contributed by atoms with Crippen molar-refractivity contribution in [3.63, 3.8) is 0 Å². The van der Waals surface area contributed by atoms with E-state index in [1.807, 2.05) is 0 Å². The van der Waals surface area contributed by atoms with Crippen LogP contribution in [0.2, 0.25) is 0 Å². The zero-order chi connectivity index (χ0) is 10.8. The van der Waals surface area contributed by atoms with E-state index < -0.39 is 24.5 Å². The highest BCUT2D eigenvalue weighted by Crippen LogP contribution is 2.27. The van der Waals surface area contributed by atoms with Crippen molar-refractivity contribution in [2.24, 2.45) is 5.73 Å². The Morgan fingerprint density at radius 2 is 2.00 bits per heavy atom. The van der Waals surface area contributed by atoms with Gasteiger partial charge in [-0.05, 0) is 0 Å². The van der Waals surface area contributed by atoms with Crippen molar-refractivity contribution < 1.29 is 18.7 Å². The molecule has 82 valence electrons. The minimum absolute atomic E-state index is 0.0134. The van der Waals surface area contributed by atoms with Gasteiger partial charge >= 0.3 is 0 Å². The Kier molecular flexibility index (Phi) is 3.38. The number of hydrogen-bond donors (Lipinski definition) is 2. The molecule has 1 amide bonds. The number of piperidine rings is 1. The highest BCUT2D eigenvalue weighted by molar-refractivity contribution is 5.81. The number of amides is 1. The number of alkyl halides is 2. The van der Waals surface area contributed by atoms with E-state index >= 15 is 0 Å². The number of carbonyl (C=O) groups is 1. The van der Waals surface area contributed by atoms with Gasteiger partial charge in [-0.3, -0.25) is 4.79 Å². The molecule has 1 unspecified atom stereocenters. The van der Waals surface area contributed by atoms with Crippen LogP contribution in [-0.2, 0) is 4.79 Å². The monoisotopic (exact) mass is 208 g/mol. The van der Waals surface area contributed by atoms with E-state index in [-0.39, 0.29) is 25.9 Å². The van der Waals surface area contributed by atoms with Gasteiger partial charge in [-0.1, -0.05) is 0 Å². The van der Waals surface area contributed by atoms with Crippen LogP contribution in [0.3, 0.4) is 0 Å². The number of rotatable bonds is 2. The first kappa shape index (κ1) is 11.3. The van der Waals surface area contributed by atoms with Crippen molar-refractivity contribution in [3.05, 3.63) is 0 Å². The van der Waals surface area contributed by atoms with Gasteiger partial charge < -0.3 is 15.7 Å². The van der Waals surface area contributed by atoms with Gasteiger partial charge in [0, 0.05) is 25.9 Å². The smallest absolute Gasteiger partial charge is 0.251 e. The van der Waals surface area contributed by atoms with Crippen LogP contribution in [0.4, 0.5) is 8.78 Å². The maximum absolute atomic E-state index is 12.7. The number of carbonyl (C=O) groups excluding carboxylic acids is 1. The molecular formula is C8H14F2N2O2. The predicted molar refractivity (Wildman–Crippen MR) is 45.8 cm³/mol. The maximum atomic E-state index is 12.7. The number of nitrogens with zero attached hydrogens (tertiary/aromatic N) is 1. The first-order valence-corrected chi connectivity index (χ1v) is 4.49. The molecule has 1 atom stereocenters. The molecule has 0 aromatic heterocycles. The van der Waals surface area contributed by atoms with Crippen molar-refractivity contribution in [2.45, 2.75) is 24.8 Å². The summed E-state index contributed by atoms with van der Waals surface area (Å²) in [5.41, 5.74) is 5.29. The van der Waals surface area contributed by atoms with Crippen molar-refractivity contribution in [1.29, 1.82) is 0 Å². The van der Waals surface area contributed by atoms with E-state index in [0.29, 0.717) is 0 Å². The second-order valence-electron chi connectivity index (χ2n) is 3.47. The standard InChI is InChI=1S/C8H14F2N2O2/c9-8(10)1-3-12(4-2-8)7(14)6(11)5-13/h6,13H,1-5,11H2. The molecule has 0 aliphatic carbocycles. The molecule has 1 heterocycles. The first-order valence-electron chi connectivity index (χ1n) is 4.49. The average Bonchev–Trinajstić information content (AvgIpc) is 2.15. The zero-order valence-electron chi connectivity index (χ0n) is 7.75. The van der Waals surface area contributed by atoms with E-state index in [4.69, 9.17) is 10.8 Å². The van der Waals surface area contributed by atoms with Crippen LogP contribution < -0.4 is 5.73 Å². The van der Waals surface area contributed by atoms with E-state index in [9.17, 15) is 13.6 Å². The highest BCUT2D eigenvalue weighted by atomic mass is 19.3. The number of likely N-dealkylation sites (tertiary alicyclic amines) is 1. The van der Waals surface area contributed by atoms with E-state index in [0.717, 1.165) is 0 Å². The minimum atomic E-state index is -2.67. The van der Waals surface area contributed by atoms with Crippen LogP contribution in [0.15, 0.2) is 0 Å². The molecule has 1 saturated heterocycles. The Morgan fingerprint density at radius 1 is 1.50 bits per heavy atom. The average molecular weight is 208 g/mol. The fraction of sp³-hybridized carbons (Fsp3) is 0.875. The molecule has 1 aliphatic heterocycles. The third-order valence-corrected chi connectivity index (χ3v) is 2.32. The van der Waals surface area contributed by atoms with Crippen LogP contribution in [0.25, 0.3) is 0 Å². The molecule has 4 nitrogen and oxygen atoms in total. The molecule has 1 aliphatic rings. The van der Waals surface area contributed by atoms with Crippen molar-refractivity contribution in [1.82, 2.24) is 4.90 Å². The second kappa shape index (κ2) is 4.18. The molecule has 0 spiro atoms. The topological polar surface area (TPSA) is 66.6 Å². The summed E-state index contributed by atoms with van der Waals surface area (Å²) in [7, 11) is 0. The van der Waals surface area contributed by atoms with Crippen LogP contribution in [0, 0.1) is 0 Å². The van der Waals surface area contributed by atoms with Gasteiger partial charge in [0.1, 0.15) is 6.04 Å². The Labute approximate surface area is 80.7 Å². The molecule has 0 saturated carbocycles. The normalized spacial score (nSPS) is 23.3. The predicted octanol–water partition coefficient (Wildman–Crippen LogP) is -0.436. The van der Waals surface area contributed by atoms with Crippen LogP contribution in [0.1, 0.15) is 12.8 Å². The number of halogens is 2. The molecule has 1 rings (SSSR count). The zero-order valence-corrected chi connectivity index (χ0v) is 7.75. The fourth-order valence-corrected chi connectivity index (χ4v) is 1.37. The van der Waals surface area contributed by atoms with Gasteiger partial charge in [0.25, 0.3) is 5.92 Å². The Balaban J connectivity index is 2.46. The van der Waals surface area contributed by atoms with Crippen LogP contribution in [-0.4, -0.2) is 47.6 Å². The number of aliphatic hydroxyl groups is 1. The van der Waals surface area contributed by atoms with Gasteiger partial charge in [0.15, 0.2) is 0 Å². The molecule has 0 bridgehead atoms. The number of nitrogens with two attached hydrogens (primary N) is 1. The third kappa shape index (κ3) is 2.62. The minimum Gasteiger partial charge on any atom is -0.394 e. The Bertz CT molecular complexity index is 213. The van der Waals surface area contributed by atoms with Crippen molar-refractivity contribution in [2.75, 3.05) is 19.7 Å². The molecule has 0 radical (unpaired) electrons. The van der Waals surface area contributed by atoms with Crippen LogP contribution in [0.5, 0.6) is 0 Å². The Hall–Kier alpha value is -0.750. The lowest BCUT2D eigenvalue weighted by Gasteiger charge is -2.32. The van der Waals surface area contributed by atoms with Crippen LogP contribution >= 0.6 is 0 Å². The van der Waals surface area contributed by atoms with Gasteiger partial charge in [-0.25, -0.2) is 8.78 Å². The summed E-state index contributed by atoms with van der Waals surface area (Å²) in [4.78, 5) is 12.6. The highest BCUT2D eigenvalue weighted by Gasteiger charge is 2.36. The van der Waals surface area contributed by atoms with E-state index in [1.165, 1.54) is 4.90 Å². The van der Waals surface area contributed by atoms with E-state index in [2.05, 4.69) is 0 Å². The second-order valence-corrected chi connectivity index (χ2v) is 3.47. The first-order chi connectivity index (χ1) is 6.46. The summed E-state index contributed by atoms with van der Waals surface area (Å²) in [6, 6.07) is -0.985. The molecule has 0 aromatic rings. The summed E-state index contributed by atoms with van der Waals surface area (Å²) in [6.45, 7) is -0.426. The van der Waals surface area contributed by atoms with E-state index in [1.54, 1.807) is 0 Å². The van der Waals surface area contributed by atoms with Gasteiger partial charge in [-0.2, -0.15) is 0 Å². The molecule has 0 aromatic carbocycles. The summed E-state index contributed by atoms with van der Waals surface area (Å²) >= 11 is 0. The lowest BCUT2D eigenvalue weighted by atomic mass is 10.1. The fourth-order valence-electron chi connectivity index (χ4n) is 1.37. The Morgan fingerprint density at radius 3 is 2.43 bits per heavy atom. The number of hydrogen-bond acceptors (Lipinski definition) is 3. The molecule has 3 N–H and O–H groups in total. The quantitative estimate of drug-likeness (QED) is 0.646. The third-order valence-electron chi connectivity index (χ3n) is 2.32. The van der Waals surface area contributed by atoms with Crippen molar-refractivity contribution in [3.8, 4) is 0 Å². The SMILES string of the molecule is NC(CO)C(=O)N1CCC(F)(F)CC1. The number of aliphatic hydroxyl groups excluding tert-OH is 1.